The van der Waals surface area contributed by atoms with Gasteiger partial charge in [0.25, 0.3) is 0 Å². The Morgan fingerprint density at radius 3 is 2.03 bits per heavy atom. The van der Waals surface area contributed by atoms with Crippen LogP contribution in [0.25, 0.3) is 0 Å². The van der Waals surface area contributed by atoms with Gasteiger partial charge >= 0.3 is 12.0 Å². The molecule has 1 fully saturated rings. The summed E-state index contributed by atoms with van der Waals surface area (Å²) >= 11 is 0. The third-order valence-electron chi connectivity index (χ3n) is 11.0. The van der Waals surface area contributed by atoms with Crippen molar-refractivity contribution in [1.82, 2.24) is 36.8 Å². The normalized spacial score (nSPS) is 22.1. The largest absolute Gasteiger partial charge is 0.508 e. The number of carboxylic acid groups (broad SMARTS) is 1. The highest BCUT2D eigenvalue weighted by molar-refractivity contribution is 5.96. The van der Waals surface area contributed by atoms with Crippen LogP contribution < -0.4 is 31.9 Å². The van der Waals surface area contributed by atoms with E-state index >= 15 is 0 Å². The van der Waals surface area contributed by atoms with Gasteiger partial charge in [-0.3, -0.25) is 24.0 Å². The highest BCUT2D eigenvalue weighted by Crippen LogP contribution is 2.16. The second-order valence-electron chi connectivity index (χ2n) is 15.6. The maximum Gasteiger partial charge on any atom is 0.326 e. The number of urea groups is 1. The number of hydrogen-bond donors (Lipinski definition) is 8. The van der Waals surface area contributed by atoms with Crippen LogP contribution >= 0.6 is 0 Å². The first kappa shape index (κ1) is 47.2. The standard InChI is InChI=1S/C45H59N7O9/c1-5-28(2)38-42(57)47-35(24-21-30-19-22-33(53)23-20-30)43(58)52(4)29(3)39(54)48-36(26-31-14-8-6-9-15-31)40(55)46-25-13-12-18-34(41(56)51-38)49-45(61)50-37(44(59)60)27-32-16-10-7-11-17-32/h6-11,14-17,19-20,22-23,28-29,34-38,53H,5,12-13,18,21,24-27H2,1-4H3,(H,46,55)(H,47,57)(H,48,54)(H,51,56)(H,59,60)(H2,49,50,61). The number of aromatic hydroxyl groups is 1. The number of carbonyl (C=O) groups is 7. The van der Waals surface area contributed by atoms with Crippen LogP contribution in [-0.2, 0) is 48.0 Å². The number of nitrogens with zero attached hydrogens (tertiary/aromatic N) is 1. The van der Waals surface area contributed by atoms with Crippen LogP contribution in [-0.4, -0.2) is 106 Å². The van der Waals surface area contributed by atoms with E-state index in [4.69, 9.17) is 0 Å². The minimum Gasteiger partial charge on any atom is -0.508 e. The summed E-state index contributed by atoms with van der Waals surface area (Å²) in [6.07, 6.45) is 1.72. The van der Waals surface area contributed by atoms with E-state index in [0.29, 0.717) is 31.2 Å². The fourth-order valence-corrected chi connectivity index (χ4v) is 6.90. The lowest BCUT2D eigenvalue weighted by Crippen LogP contribution is -2.60. The van der Waals surface area contributed by atoms with E-state index < -0.39 is 83.7 Å². The van der Waals surface area contributed by atoms with Crippen molar-refractivity contribution in [3.05, 3.63) is 102 Å². The summed E-state index contributed by atoms with van der Waals surface area (Å²) < 4.78 is 0. The van der Waals surface area contributed by atoms with Gasteiger partial charge in [0.2, 0.25) is 29.5 Å². The van der Waals surface area contributed by atoms with Crippen LogP contribution in [0.3, 0.4) is 0 Å². The molecule has 1 aliphatic heterocycles. The first-order chi connectivity index (χ1) is 29.2. The maximum absolute atomic E-state index is 14.3. The molecule has 1 aliphatic rings. The minimum absolute atomic E-state index is 0.0112. The summed E-state index contributed by atoms with van der Waals surface area (Å²) in [4.78, 5) is 96.7. The molecule has 328 valence electrons. The van der Waals surface area contributed by atoms with E-state index in [1.54, 1.807) is 49.4 Å². The molecule has 61 heavy (non-hydrogen) atoms. The average molecular weight is 842 g/mol. The van der Waals surface area contributed by atoms with Crippen molar-refractivity contribution >= 4 is 41.5 Å². The Hall–Kier alpha value is -6.45. The molecule has 0 aromatic heterocycles. The average Bonchev–Trinajstić information content (AvgIpc) is 3.25. The van der Waals surface area contributed by atoms with Gasteiger partial charge in [-0.15, -0.1) is 0 Å². The molecule has 7 atom stereocenters. The molecule has 0 saturated carbocycles. The first-order valence-electron chi connectivity index (χ1n) is 20.8. The van der Waals surface area contributed by atoms with Crippen LogP contribution in [0.5, 0.6) is 5.75 Å². The smallest absolute Gasteiger partial charge is 0.326 e. The summed E-state index contributed by atoms with van der Waals surface area (Å²) in [6, 6.07) is 16.4. The number of aliphatic carboxylic acids is 1. The van der Waals surface area contributed by atoms with E-state index in [2.05, 4.69) is 31.9 Å². The second kappa shape index (κ2) is 23.4. The van der Waals surface area contributed by atoms with Crippen LogP contribution in [0.4, 0.5) is 4.79 Å². The molecule has 3 aromatic carbocycles. The SMILES string of the molecule is CCC(C)C1NC(=O)C(NC(=O)NC(Cc2ccccc2)C(=O)O)CCCCNC(=O)C(Cc2ccccc2)NC(=O)C(C)N(C)C(=O)C(CCc2ccc(O)cc2)NC1=O. The zero-order valence-corrected chi connectivity index (χ0v) is 35.2. The molecule has 7 amide bonds. The Balaban J connectivity index is 1.65. The van der Waals surface area contributed by atoms with Gasteiger partial charge in [-0.05, 0) is 73.8 Å². The number of carbonyl (C=O) groups excluding carboxylic acids is 6. The lowest BCUT2D eigenvalue weighted by atomic mass is 9.96. The van der Waals surface area contributed by atoms with Gasteiger partial charge in [0.1, 0.15) is 42.0 Å². The van der Waals surface area contributed by atoms with E-state index in [1.807, 2.05) is 37.3 Å². The lowest BCUT2D eigenvalue weighted by molar-refractivity contribution is -0.142. The first-order valence-corrected chi connectivity index (χ1v) is 20.8. The summed E-state index contributed by atoms with van der Waals surface area (Å²) in [6.45, 7) is 5.28. The topological polar surface area (TPSA) is 235 Å². The quantitative estimate of drug-likeness (QED) is 0.134. The second-order valence-corrected chi connectivity index (χ2v) is 15.6. The molecule has 3 aromatic rings. The third-order valence-corrected chi connectivity index (χ3v) is 11.0. The number of aryl methyl sites for hydroxylation is 1. The molecule has 0 spiro atoms. The van der Waals surface area contributed by atoms with Crippen molar-refractivity contribution in [3.63, 3.8) is 0 Å². The Kier molecular flexibility index (Phi) is 18.1. The predicted molar refractivity (Wildman–Crippen MR) is 228 cm³/mol. The molecule has 4 rings (SSSR count). The molecule has 0 radical (unpaired) electrons. The molecular formula is C45H59N7O9. The van der Waals surface area contributed by atoms with E-state index in [0.717, 1.165) is 11.1 Å². The van der Waals surface area contributed by atoms with Crippen molar-refractivity contribution in [2.75, 3.05) is 13.6 Å². The highest BCUT2D eigenvalue weighted by atomic mass is 16.4. The lowest BCUT2D eigenvalue weighted by Gasteiger charge is -2.32. The molecule has 1 saturated heterocycles. The zero-order chi connectivity index (χ0) is 44.5. The van der Waals surface area contributed by atoms with Gasteiger partial charge in [-0.25, -0.2) is 9.59 Å². The Bertz CT molecular complexity index is 1950. The maximum atomic E-state index is 14.3. The molecule has 16 nitrogen and oxygen atoms in total. The van der Waals surface area contributed by atoms with E-state index in [1.165, 1.54) is 31.0 Å². The van der Waals surface area contributed by atoms with Gasteiger partial charge in [0, 0.05) is 26.4 Å². The molecular weight excluding hydrogens is 783 g/mol. The van der Waals surface area contributed by atoms with Gasteiger partial charge in [0.05, 0.1) is 0 Å². The van der Waals surface area contributed by atoms with Gasteiger partial charge in [-0.2, -0.15) is 0 Å². The van der Waals surface area contributed by atoms with Crippen molar-refractivity contribution in [1.29, 1.82) is 0 Å². The van der Waals surface area contributed by atoms with Crippen LogP contribution in [0, 0.1) is 5.92 Å². The fraction of sp³-hybridized carbons (Fsp3) is 0.444. The van der Waals surface area contributed by atoms with Crippen molar-refractivity contribution < 1.29 is 43.8 Å². The van der Waals surface area contributed by atoms with Crippen molar-refractivity contribution in [3.8, 4) is 5.75 Å². The third kappa shape index (κ3) is 14.7. The van der Waals surface area contributed by atoms with Gasteiger partial charge in [0.15, 0.2) is 0 Å². The predicted octanol–water partition coefficient (Wildman–Crippen LogP) is 2.58. The van der Waals surface area contributed by atoms with Crippen molar-refractivity contribution in [2.45, 2.75) is 108 Å². The Morgan fingerprint density at radius 2 is 1.41 bits per heavy atom. The molecule has 0 bridgehead atoms. The van der Waals surface area contributed by atoms with Crippen LogP contribution in [0.15, 0.2) is 84.9 Å². The number of rotatable bonds is 12. The zero-order valence-electron chi connectivity index (χ0n) is 35.2. The summed E-state index contributed by atoms with van der Waals surface area (Å²) in [5, 5.41) is 36.1. The van der Waals surface area contributed by atoms with E-state index in [-0.39, 0.29) is 38.0 Å². The number of nitrogens with one attached hydrogen (secondary N) is 6. The molecule has 0 aliphatic carbocycles. The van der Waals surface area contributed by atoms with E-state index in [9.17, 15) is 43.8 Å². The number of phenolic OH excluding ortho intramolecular Hbond substituents is 1. The number of hydrogen-bond acceptors (Lipinski definition) is 8. The number of benzene rings is 3. The molecule has 1 heterocycles. The highest BCUT2D eigenvalue weighted by Gasteiger charge is 2.36. The Labute approximate surface area is 356 Å². The molecule has 8 N–H and O–H groups in total. The number of likely N-dealkylation sites (N-methyl/N-ethyl adjacent to an activating group) is 1. The monoisotopic (exact) mass is 841 g/mol. The molecule has 7 unspecified atom stereocenters. The summed E-state index contributed by atoms with van der Waals surface area (Å²) in [5.74, 6) is -4.66. The Morgan fingerprint density at radius 1 is 0.787 bits per heavy atom. The summed E-state index contributed by atoms with van der Waals surface area (Å²) in [5.41, 5.74) is 2.24. The van der Waals surface area contributed by atoms with Crippen molar-refractivity contribution in [2.24, 2.45) is 5.92 Å². The number of amides is 7. The molecule has 16 heteroatoms. The minimum atomic E-state index is -1.32. The number of phenols is 1. The van der Waals surface area contributed by atoms with Crippen LogP contribution in [0.1, 0.15) is 69.6 Å². The van der Waals surface area contributed by atoms with Gasteiger partial charge in [-0.1, -0.05) is 93.1 Å². The van der Waals surface area contributed by atoms with Crippen LogP contribution in [0.2, 0.25) is 0 Å². The fourth-order valence-electron chi connectivity index (χ4n) is 6.90. The number of carboxylic acids is 1. The summed E-state index contributed by atoms with van der Waals surface area (Å²) in [7, 11) is 1.44. The van der Waals surface area contributed by atoms with Gasteiger partial charge < -0.3 is 47.0 Å².